The lowest BCUT2D eigenvalue weighted by atomic mass is 9.93. The van der Waals surface area contributed by atoms with Crippen LogP contribution in [0.15, 0.2) is 57.5 Å². The van der Waals surface area contributed by atoms with Crippen LogP contribution in [-0.4, -0.2) is 28.5 Å². The Balaban J connectivity index is 1.69. The van der Waals surface area contributed by atoms with E-state index in [1.165, 1.54) is 11.8 Å². The predicted octanol–water partition coefficient (Wildman–Crippen LogP) is 4.68. The van der Waals surface area contributed by atoms with Gasteiger partial charge in [0.1, 0.15) is 23.2 Å². The van der Waals surface area contributed by atoms with Gasteiger partial charge in [0, 0.05) is 22.7 Å². The molecule has 1 fully saturated rings. The zero-order valence-corrected chi connectivity index (χ0v) is 17.5. The average molecular weight is 414 g/mol. The third kappa shape index (κ3) is 3.75. The van der Waals surface area contributed by atoms with Crippen molar-refractivity contribution in [3.63, 3.8) is 0 Å². The third-order valence-corrected chi connectivity index (χ3v) is 5.95. The van der Waals surface area contributed by atoms with Crippen LogP contribution in [-0.2, 0) is 9.59 Å². The lowest BCUT2D eigenvalue weighted by molar-refractivity contribution is -0.143. The molecule has 0 atom stereocenters. The van der Waals surface area contributed by atoms with Gasteiger partial charge in [0.05, 0.1) is 0 Å². The van der Waals surface area contributed by atoms with Crippen LogP contribution in [0.4, 0.5) is 0 Å². The molecule has 0 bridgehead atoms. The molecule has 156 valence electrons. The highest BCUT2D eigenvalue weighted by atomic mass is 16.3. The van der Waals surface area contributed by atoms with Gasteiger partial charge in [0.2, 0.25) is 0 Å². The van der Waals surface area contributed by atoms with E-state index in [4.69, 9.17) is 4.42 Å². The van der Waals surface area contributed by atoms with Crippen molar-refractivity contribution in [2.45, 2.75) is 45.6 Å². The van der Waals surface area contributed by atoms with Crippen molar-refractivity contribution in [3.05, 3.63) is 64.4 Å². The summed E-state index contributed by atoms with van der Waals surface area (Å²) in [6.07, 6.45) is 5.06. The van der Waals surface area contributed by atoms with Gasteiger partial charge in [-0.1, -0.05) is 37.1 Å². The maximum atomic E-state index is 13.2. The van der Waals surface area contributed by atoms with E-state index in [1.54, 1.807) is 49.4 Å². The molecular formula is C25H22N2O4. The number of carbonyl (C=O) groups excluding carboxylic acids is 3. The maximum absolute atomic E-state index is 13.2. The van der Waals surface area contributed by atoms with E-state index in [1.807, 2.05) is 6.07 Å². The van der Waals surface area contributed by atoms with Crippen molar-refractivity contribution in [2.24, 2.45) is 0 Å². The molecule has 2 heterocycles. The van der Waals surface area contributed by atoms with Crippen LogP contribution in [0.2, 0.25) is 0 Å². The lowest BCUT2D eigenvalue weighted by Crippen LogP contribution is -2.47. The number of furan rings is 1. The first kappa shape index (κ1) is 20.5. The largest absolute Gasteiger partial charge is 0.457 e. The number of imide groups is 1. The minimum atomic E-state index is -0.500. The number of hydrogen-bond acceptors (Lipinski definition) is 5. The number of benzene rings is 1. The standard InChI is InChI=1S/C25H22N2O4/c1-15-21(24(29)27(19-5-3-4-6-19)25(30)22(15)14-26)13-20-11-12-23(31-20)18-9-7-17(8-10-18)16(2)28/h7-13,19H,3-6H2,1-2H3/b21-13-. The Labute approximate surface area is 180 Å². The van der Waals surface area contributed by atoms with Crippen molar-refractivity contribution in [1.29, 1.82) is 5.26 Å². The molecule has 2 aromatic rings. The third-order valence-electron chi connectivity index (χ3n) is 5.95. The summed E-state index contributed by atoms with van der Waals surface area (Å²) in [5, 5.41) is 9.54. The van der Waals surface area contributed by atoms with Crippen LogP contribution in [0.1, 0.15) is 55.6 Å². The van der Waals surface area contributed by atoms with Crippen LogP contribution < -0.4 is 0 Å². The van der Waals surface area contributed by atoms with Crippen LogP contribution >= 0.6 is 0 Å². The first-order valence-electron chi connectivity index (χ1n) is 10.3. The van der Waals surface area contributed by atoms with Crippen LogP contribution in [0.3, 0.4) is 0 Å². The van der Waals surface area contributed by atoms with Gasteiger partial charge in [0.25, 0.3) is 11.8 Å². The molecule has 1 saturated carbocycles. The van der Waals surface area contributed by atoms with Crippen LogP contribution in [0.5, 0.6) is 0 Å². The topological polar surface area (TPSA) is 91.4 Å². The Bertz CT molecular complexity index is 1170. The summed E-state index contributed by atoms with van der Waals surface area (Å²) in [5.74, 6) is 0.156. The molecule has 31 heavy (non-hydrogen) atoms. The molecule has 1 aromatic carbocycles. The van der Waals surface area contributed by atoms with E-state index < -0.39 is 5.91 Å². The summed E-state index contributed by atoms with van der Waals surface area (Å²) in [4.78, 5) is 38.7. The van der Waals surface area contributed by atoms with Gasteiger partial charge in [-0.05, 0) is 50.5 Å². The lowest BCUT2D eigenvalue weighted by Gasteiger charge is -2.31. The molecule has 1 aliphatic heterocycles. The van der Waals surface area contributed by atoms with Gasteiger partial charge in [-0.3, -0.25) is 19.3 Å². The monoisotopic (exact) mass is 414 g/mol. The summed E-state index contributed by atoms with van der Waals surface area (Å²) in [6.45, 7) is 3.13. The number of Topliss-reactive ketones (excluding diaryl/α,β-unsaturated/α-hetero) is 1. The normalized spacial score (nSPS) is 18.7. The summed E-state index contributed by atoms with van der Waals surface area (Å²) in [5.41, 5.74) is 2.10. The minimum absolute atomic E-state index is 0.00403. The van der Waals surface area contributed by atoms with Crippen molar-refractivity contribution in [1.82, 2.24) is 4.90 Å². The summed E-state index contributed by atoms with van der Waals surface area (Å²) in [7, 11) is 0. The van der Waals surface area contributed by atoms with E-state index >= 15 is 0 Å². The number of carbonyl (C=O) groups is 3. The highest BCUT2D eigenvalue weighted by molar-refractivity contribution is 6.19. The Morgan fingerprint density at radius 3 is 2.39 bits per heavy atom. The van der Waals surface area contributed by atoms with Gasteiger partial charge in [-0.25, -0.2) is 0 Å². The molecule has 0 spiro atoms. The molecular weight excluding hydrogens is 392 g/mol. The molecule has 0 radical (unpaired) electrons. The second-order valence-corrected chi connectivity index (χ2v) is 7.92. The SMILES string of the molecule is CC(=O)c1ccc(-c2ccc(/C=C3\C(=O)N(C4CCCC4)C(=O)C(C#N)=C3C)o2)cc1. The zero-order chi connectivity index (χ0) is 22.1. The Morgan fingerprint density at radius 2 is 1.77 bits per heavy atom. The van der Waals surface area contributed by atoms with Gasteiger partial charge in [-0.2, -0.15) is 5.26 Å². The average Bonchev–Trinajstić information content (AvgIpc) is 3.44. The molecule has 2 aliphatic rings. The molecule has 1 aromatic heterocycles. The van der Waals surface area contributed by atoms with Crippen LogP contribution in [0.25, 0.3) is 17.4 Å². The number of ketones is 1. The maximum Gasteiger partial charge on any atom is 0.271 e. The fourth-order valence-electron chi connectivity index (χ4n) is 4.19. The Kier molecular flexibility index (Phi) is 5.43. The minimum Gasteiger partial charge on any atom is -0.457 e. The highest BCUT2D eigenvalue weighted by Crippen LogP contribution is 2.33. The van der Waals surface area contributed by atoms with Gasteiger partial charge in [-0.15, -0.1) is 0 Å². The molecule has 2 amide bonds. The molecule has 1 aliphatic carbocycles. The smallest absolute Gasteiger partial charge is 0.271 e. The van der Waals surface area contributed by atoms with Crippen molar-refractivity contribution in [3.8, 4) is 17.4 Å². The first-order valence-corrected chi connectivity index (χ1v) is 10.3. The first-order chi connectivity index (χ1) is 14.9. The highest BCUT2D eigenvalue weighted by Gasteiger charge is 2.40. The number of hydrogen-bond donors (Lipinski definition) is 0. The fraction of sp³-hybridized carbons (Fsp3) is 0.280. The quantitative estimate of drug-likeness (QED) is 0.411. The van der Waals surface area contributed by atoms with E-state index in [9.17, 15) is 19.6 Å². The fourth-order valence-corrected chi connectivity index (χ4v) is 4.19. The van der Waals surface area contributed by atoms with E-state index in [2.05, 4.69) is 0 Å². The number of amides is 2. The number of rotatable bonds is 4. The zero-order valence-electron chi connectivity index (χ0n) is 17.5. The second-order valence-electron chi connectivity index (χ2n) is 7.92. The summed E-state index contributed by atoms with van der Waals surface area (Å²) >= 11 is 0. The molecule has 4 rings (SSSR count). The van der Waals surface area contributed by atoms with Crippen LogP contribution in [0, 0.1) is 11.3 Å². The van der Waals surface area contributed by atoms with Gasteiger partial charge < -0.3 is 4.42 Å². The van der Waals surface area contributed by atoms with E-state index in [0.29, 0.717) is 28.2 Å². The molecule has 0 unspecified atom stereocenters. The predicted molar refractivity (Wildman–Crippen MR) is 115 cm³/mol. The molecule has 0 N–H and O–H groups in total. The second kappa shape index (κ2) is 8.19. The van der Waals surface area contributed by atoms with E-state index in [-0.39, 0.29) is 23.3 Å². The Hall–Kier alpha value is -3.72. The number of nitriles is 1. The Morgan fingerprint density at radius 1 is 1.10 bits per heavy atom. The van der Waals surface area contributed by atoms with Crippen molar-refractivity contribution in [2.75, 3.05) is 0 Å². The summed E-state index contributed by atoms with van der Waals surface area (Å²) < 4.78 is 5.90. The van der Waals surface area contributed by atoms with E-state index in [0.717, 1.165) is 31.2 Å². The molecule has 0 saturated heterocycles. The summed E-state index contributed by atoms with van der Waals surface area (Å²) in [6, 6.07) is 12.4. The number of nitrogens with zero attached hydrogens (tertiary/aromatic N) is 2. The van der Waals surface area contributed by atoms with Gasteiger partial charge >= 0.3 is 0 Å². The van der Waals surface area contributed by atoms with Crippen molar-refractivity contribution < 1.29 is 18.8 Å². The molecule has 6 nitrogen and oxygen atoms in total. The van der Waals surface area contributed by atoms with Gasteiger partial charge in [0.15, 0.2) is 5.78 Å². The van der Waals surface area contributed by atoms with Crippen molar-refractivity contribution >= 4 is 23.7 Å². The molecule has 6 heteroatoms.